The van der Waals surface area contributed by atoms with Crippen LogP contribution in [-0.4, -0.2) is 35.6 Å². The number of nitrogens with two attached hydrogens (primary N) is 1. The van der Waals surface area contributed by atoms with E-state index in [4.69, 9.17) is 10.5 Å². The second-order valence-electron chi connectivity index (χ2n) is 5.04. The molecule has 4 heteroatoms. The number of aromatic nitrogens is 1. The number of hydrogen-bond donors (Lipinski definition) is 1. The first-order valence-electron chi connectivity index (χ1n) is 7.16. The van der Waals surface area contributed by atoms with Gasteiger partial charge in [-0.05, 0) is 51.5 Å². The van der Waals surface area contributed by atoms with Crippen molar-refractivity contribution in [3.8, 4) is 5.75 Å². The van der Waals surface area contributed by atoms with E-state index < -0.39 is 0 Å². The fraction of sp³-hybridized carbons (Fsp3) is 0.667. The number of rotatable bonds is 8. The van der Waals surface area contributed by atoms with Crippen LogP contribution in [-0.2, 0) is 0 Å². The van der Waals surface area contributed by atoms with E-state index in [-0.39, 0.29) is 12.1 Å². The average Bonchev–Trinajstić information content (AvgIpc) is 2.39. The highest BCUT2D eigenvalue weighted by molar-refractivity contribution is 5.26. The minimum Gasteiger partial charge on any atom is -0.489 e. The number of ether oxygens (including phenoxy) is 1. The lowest BCUT2D eigenvalue weighted by Gasteiger charge is -2.21. The van der Waals surface area contributed by atoms with Gasteiger partial charge in [-0.1, -0.05) is 13.8 Å². The molecule has 1 heterocycles. The van der Waals surface area contributed by atoms with Crippen molar-refractivity contribution in [2.45, 2.75) is 46.3 Å². The fourth-order valence-electron chi connectivity index (χ4n) is 2.00. The molecule has 0 aliphatic heterocycles. The minimum atomic E-state index is 0.0174. The highest BCUT2D eigenvalue weighted by Crippen LogP contribution is 2.19. The molecule has 0 radical (unpaired) electrons. The van der Waals surface area contributed by atoms with Crippen LogP contribution >= 0.6 is 0 Å². The zero-order valence-corrected chi connectivity index (χ0v) is 12.6. The number of nitrogens with zero attached hydrogens (tertiary/aromatic N) is 2. The maximum absolute atomic E-state index is 6.23. The molecule has 0 aliphatic rings. The summed E-state index contributed by atoms with van der Waals surface area (Å²) in [5.41, 5.74) is 7.28. The maximum Gasteiger partial charge on any atom is 0.138 e. The molecule has 0 aromatic carbocycles. The van der Waals surface area contributed by atoms with E-state index >= 15 is 0 Å². The Bertz CT molecular complexity index is 364. The second-order valence-corrected chi connectivity index (χ2v) is 5.04. The lowest BCUT2D eigenvalue weighted by Crippen LogP contribution is -2.27. The van der Waals surface area contributed by atoms with E-state index in [0.29, 0.717) is 0 Å². The monoisotopic (exact) mass is 265 g/mol. The normalized spacial score (nSPS) is 13.0. The predicted molar refractivity (Wildman–Crippen MR) is 79.3 cm³/mol. The molecular formula is C15H27N3O. The van der Waals surface area contributed by atoms with Crippen LogP contribution < -0.4 is 10.5 Å². The van der Waals surface area contributed by atoms with Crippen LogP contribution in [0.15, 0.2) is 18.5 Å². The van der Waals surface area contributed by atoms with Gasteiger partial charge >= 0.3 is 0 Å². The van der Waals surface area contributed by atoms with Crippen molar-refractivity contribution in [1.82, 2.24) is 9.88 Å². The first kappa shape index (κ1) is 15.9. The van der Waals surface area contributed by atoms with Gasteiger partial charge in [0.1, 0.15) is 5.75 Å². The Morgan fingerprint density at radius 1 is 1.26 bits per heavy atom. The van der Waals surface area contributed by atoms with Crippen molar-refractivity contribution >= 4 is 0 Å². The Morgan fingerprint density at radius 3 is 2.53 bits per heavy atom. The summed E-state index contributed by atoms with van der Waals surface area (Å²) in [6.45, 7) is 11.5. The summed E-state index contributed by atoms with van der Waals surface area (Å²) in [5.74, 6) is 0.797. The summed E-state index contributed by atoms with van der Waals surface area (Å²) >= 11 is 0. The molecule has 0 amide bonds. The lowest BCUT2D eigenvalue weighted by molar-refractivity contribution is 0.241. The summed E-state index contributed by atoms with van der Waals surface area (Å²) in [5, 5.41) is 0. The van der Waals surface area contributed by atoms with E-state index in [9.17, 15) is 0 Å². The molecule has 2 N–H and O–H groups in total. The minimum absolute atomic E-state index is 0.0174. The smallest absolute Gasteiger partial charge is 0.138 e. The van der Waals surface area contributed by atoms with E-state index in [0.717, 1.165) is 37.4 Å². The van der Waals surface area contributed by atoms with Crippen molar-refractivity contribution in [2.75, 3.05) is 19.6 Å². The summed E-state index contributed by atoms with van der Waals surface area (Å²) in [6, 6.07) is 2.02. The van der Waals surface area contributed by atoms with Gasteiger partial charge in [-0.15, -0.1) is 0 Å². The molecule has 0 spiro atoms. The highest BCUT2D eigenvalue weighted by Gasteiger charge is 2.10. The zero-order valence-electron chi connectivity index (χ0n) is 12.6. The van der Waals surface area contributed by atoms with Gasteiger partial charge in [0, 0.05) is 12.2 Å². The Balaban J connectivity index is 2.58. The van der Waals surface area contributed by atoms with Crippen LogP contribution in [0.4, 0.5) is 0 Å². The Kier molecular flexibility index (Phi) is 6.81. The molecule has 4 nitrogen and oxygen atoms in total. The largest absolute Gasteiger partial charge is 0.489 e. The van der Waals surface area contributed by atoms with E-state index in [1.807, 2.05) is 26.1 Å². The molecule has 0 bridgehead atoms. The predicted octanol–water partition coefficient (Wildman–Crippen LogP) is 2.60. The Hall–Kier alpha value is -1.13. The molecule has 0 aliphatic carbocycles. The van der Waals surface area contributed by atoms with Gasteiger partial charge in [-0.25, -0.2) is 0 Å². The molecule has 0 fully saturated rings. The van der Waals surface area contributed by atoms with E-state index in [1.54, 1.807) is 6.20 Å². The SMILES string of the molecule is CCN(CC)CCC(N)c1cncc(OC(C)C)c1. The van der Waals surface area contributed by atoms with Crippen molar-refractivity contribution in [3.63, 3.8) is 0 Å². The molecule has 0 saturated carbocycles. The van der Waals surface area contributed by atoms with Crippen LogP contribution in [0.3, 0.4) is 0 Å². The van der Waals surface area contributed by atoms with E-state index in [2.05, 4.69) is 23.7 Å². The van der Waals surface area contributed by atoms with Crippen molar-refractivity contribution in [1.29, 1.82) is 0 Å². The standard InChI is InChI=1S/C15H27N3O/c1-5-18(6-2)8-7-15(16)13-9-14(11-17-10-13)19-12(3)4/h9-12,15H,5-8,16H2,1-4H3. The molecular weight excluding hydrogens is 238 g/mol. The molecule has 108 valence electrons. The molecule has 1 aromatic rings. The van der Waals surface area contributed by atoms with Crippen molar-refractivity contribution in [3.05, 3.63) is 24.0 Å². The van der Waals surface area contributed by atoms with Crippen LogP contribution in [0, 0.1) is 0 Å². The van der Waals surface area contributed by atoms with Crippen LogP contribution in [0.1, 0.15) is 45.7 Å². The van der Waals surface area contributed by atoms with Gasteiger partial charge in [0.15, 0.2) is 0 Å². The average molecular weight is 265 g/mol. The molecule has 1 atom stereocenters. The van der Waals surface area contributed by atoms with Gasteiger partial charge in [-0.2, -0.15) is 0 Å². The third-order valence-corrected chi connectivity index (χ3v) is 3.19. The van der Waals surface area contributed by atoms with Gasteiger partial charge < -0.3 is 15.4 Å². The van der Waals surface area contributed by atoms with Gasteiger partial charge in [0.2, 0.25) is 0 Å². The van der Waals surface area contributed by atoms with Gasteiger partial charge in [0.25, 0.3) is 0 Å². The summed E-state index contributed by atoms with van der Waals surface area (Å²) in [4.78, 5) is 6.58. The summed E-state index contributed by atoms with van der Waals surface area (Å²) < 4.78 is 5.64. The van der Waals surface area contributed by atoms with Gasteiger partial charge in [0.05, 0.1) is 12.3 Å². The fourth-order valence-corrected chi connectivity index (χ4v) is 2.00. The molecule has 1 unspecified atom stereocenters. The topological polar surface area (TPSA) is 51.4 Å². The molecule has 1 rings (SSSR count). The van der Waals surface area contributed by atoms with Crippen molar-refractivity contribution in [2.24, 2.45) is 5.73 Å². The van der Waals surface area contributed by atoms with Crippen LogP contribution in [0.5, 0.6) is 5.75 Å². The summed E-state index contributed by atoms with van der Waals surface area (Å²) in [7, 11) is 0. The lowest BCUT2D eigenvalue weighted by atomic mass is 10.1. The zero-order chi connectivity index (χ0) is 14.3. The Labute approximate surface area is 117 Å². The van der Waals surface area contributed by atoms with Crippen LogP contribution in [0.2, 0.25) is 0 Å². The summed E-state index contributed by atoms with van der Waals surface area (Å²) in [6.07, 6.45) is 4.67. The van der Waals surface area contributed by atoms with E-state index in [1.165, 1.54) is 0 Å². The third-order valence-electron chi connectivity index (χ3n) is 3.19. The number of pyridine rings is 1. The first-order valence-corrected chi connectivity index (χ1v) is 7.16. The second kappa shape index (κ2) is 8.12. The molecule has 1 aromatic heterocycles. The van der Waals surface area contributed by atoms with Crippen molar-refractivity contribution < 1.29 is 4.74 Å². The first-order chi connectivity index (χ1) is 9.06. The molecule has 0 saturated heterocycles. The Morgan fingerprint density at radius 2 is 1.95 bits per heavy atom. The highest BCUT2D eigenvalue weighted by atomic mass is 16.5. The molecule has 19 heavy (non-hydrogen) atoms. The maximum atomic E-state index is 6.23. The third kappa shape index (κ3) is 5.57. The quantitative estimate of drug-likeness (QED) is 0.785. The number of hydrogen-bond acceptors (Lipinski definition) is 4. The van der Waals surface area contributed by atoms with Gasteiger partial charge in [-0.3, -0.25) is 4.98 Å². The van der Waals surface area contributed by atoms with Crippen LogP contribution in [0.25, 0.3) is 0 Å².